The highest BCUT2D eigenvalue weighted by Crippen LogP contribution is 2.53. The van der Waals surface area contributed by atoms with Gasteiger partial charge >= 0.3 is 0 Å². The van der Waals surface area contributed by atoms with Crippen molar-refractivity contribution in [3.63, 3.8) is 0 Å². The summed E-state index contributed by atoms with van der Waals surface area (Å²) in [5.41, 5.74) is 2.79. The first-order chi connectivity index (χ1) is 7.61. The van der Waals surface area contributed by atoms with Gasteiger partial charge in [-0.25, -0.2) is 0 Å². The number of hydrogen-bond donors (Lipinski definition) is 1. The largest absolute Gasteiger partial charge is 0.495 e. The van der Waals surface area contributed by atoms with Gasteiger partial charge in [-0.15, -0.1) is 0 Å². The molecule has 2 aliphatic carbocycles. The third-order valence-electron chi connectivity index (χ3n) is 4.57. The van der Waals surface area contributed by atoms with Crippen LogP contribution in [0.25, 0.3) is 0 Å². The molecular weight excluding hydrogens is 200 g/mol. The minimum atomic E-state index is -0.184. The van der Waals surface area contributed by atoms with E-state index in [1.807, 2.05) is 0 Å². The van der Waals surface area contributed by atoms with Crippen LogP contribution in [0.2, 0.25) is 0 Å². The van der Waals surface area contributed by atoms with E-state index in [1.165, 1.54) is 16.9 Å². The van der Waals surface area contributed by atoms with E-state index in [1.54, 1.807) is 0 Å². The fourth-order valence-corrected chi connectivity index (χ4v) is 3.40. The van der Waals surface area contributed by atoms with E-state index < -0.39 is 0 Å². The molecular formula is C14H20O2. The highest BCUT2D eigenvalue weighted by Gasteiger charge is 2.45. The second-order valence-electron chi connectivity index (χ2n) is 5.66. The summed E-state index contributed by atoms with van der Waals surface area (Å²) in [5, 5.41) is 10.1. The van der Waals surface area contributed by atoms with Crippen LogP contribution >= 0.6 is 0 Å². The SMILES string of the molecule is CC1CCC2=C(CCC3(C)C2=CCC3O)O1. The summed E-state index contributed by atoms with van der Waals surface area (Å²) in [6.45, 7) is 4.35. The van der Waals surface area contributed by atoms with Gasteiger partial charge < -0.3 is 9.84 Å². The first kappa shape index (κ1) is 10.4. The van der Waals surface area contributed by atoms with Crippen molar-refractivity contribution in [3.8, 4) is 0 Å². The average Bonchev–Trinajstić information content (AvgIpc) is 2.56. The van der Waals surface area contributed by atoms with E-state index in [-0.39, 0.29) is 11.5 Å². The molecule has 0 aromatic rings. The Labute approximate surface area is 97.0 Å². The summed E-state index contributed by atoms with van der Waals surface area (Å²) in [7, 11) is 0. The lowest BCUT2D eigenvalue weighted by atomic mass is 9.69. The van der Waals surface area contributed by atoms with Crippen molar-refractivity contribution in [2.24, 2.45) is 5.41 Å². The molecule has 0 saturated heterocycles. The van der Waals surface area contributed by atoms with Gasteiger partial charge in [-0.2, -0.15) is 0 Å². The van der Waals surface area contributed by atoms with E-state index in [4.69, 9.17) is 4.74 Å². The summed E-state index contributed by atoms with van der Waals surface area (Å²) in [6.07, 6.45) is 7.52. The van der Waals surface area contributed by atoms with Crippen LogP contribution in [0, 0.1) is 5.41 Å². The lowest BCUT2D eigenvalue weighted by Gasteiger charge is -2.40. The molecule has 16 heavy (non-hydrogen) atoms. The van der Waals surface area contributed by atoms with Crippen molar-refractivity contribution < 1.29 is 9.84 Å². The van der Waals surface area contributed by atoms with Crippen LogP contribution in [0.4, 0.5) is 0 Å². The van der Waals surface area contributed by atoms with E-state index in [9.17, 15) is 5.11 Å². The summed E-state index contributed by atoms with van der Waals surface area (Å²) in [4.78, 5) is 0. The molecule has 3 atom stereocenters. The second-order valence-corrected chi connectivity index (χ2v) is 5.66. The van der Waals surface area contributed by atoms with Gasteiger partial charge in [-0.05, 0) is 43.8 Å². The maximum absolute atomic E-state index is 10.1. The maximum Gasteiger partial charge on any atom is 0.0998 e. The van der Waals surface area contributed by atoms with Gasteiger partial charge in [0.1, 0.15) is 0 Å². The third-order valence-corrected chi connectivity index (χ3v) is 4.57. The molecule has 0 aromatic heterocycles. The van der Waals surface area contributed by atoms with E-state index in [0.29, 0.717) is 6.10 Å². The van der Waals surface area contributed by atoms with Crippen LogP contribution in [-0.2, 0) is 4.74 Å². The summed E-state index contributed by atoms with van der Waals surface area (Å²) >= 11 is 0. The Kier molecular flexibility index (Phi) is 2.19. The van der Waals surface area contributed by atoms with Gasteiger partial charge in [-0.1, -0.05) is 13.0 Å². The molecule has 1 aliphatic heterocycles. The first-order valence-electron chi connectivity index (χ1n) is 6.39. The van der Waals surface area contributed by atoms with E-state index in [0.717, 1.165) is 32.1 Å². The number of aliphatic hydroxyl groups excluding tert-OH is 1. The number of ether oxygens (including phenoxy) is 1. The van der Waals surface area contributed by atoms with Crippen LogP contribution in [0.15, 0.2) is 23.0 Å². The van der Waals surface area contributed by atoms with Crippen molar-refractivity contribution in [2.45, 2.75) is 58.2 Å². The highest BCUT2D eigenvalue weighted by atomic mass is 16.5. The van der Waals surface area contributed by atoms with Gasteiger partial charge in [-0.3, -0.25) is 0 Å². The lowest BCUT2D eigenvalue weighted by molar-refractivity contribution is 0.0467. The third kappa shape index (κ3) is 1.29. The van der Waals surface area contributed by atoms with Crippen molar-refractivity contribution in [2.75, 3.05) is 0 Å². The second kappa shape index (κ2) is 3.36. The van der Waals surface area contributed by atoms with Gasteiger partial charge in [0.05, 0.1) is 18.0 Å². The summed E-state index contributed by atoms with van der Waals surface area (Å²) in [5.74, 6) is 1.21. The fourth-order valence-electron chi connectivity index (χ4n) is 3.40. The van der Waals surface area contributed by atoms with Crippen molar-refractivity contribution in [3.05, 3.63) is 23.0 Å². The van der Waals surface area contributed by atoms with Gasteiger partial charge in [0.15, 0.2) is 0 Å². The Bertz CT molecular complexity index is 380. The Morgan fingerprint density at radius 2 is 2.25 bits per heavy atom. The van der Waals surface area contributed by atoms with Crippen LogP contribution < -0.4 is 0 Å². The molecule has 0 spiro atoms. The quantitative estimate of drug-likeness (QED) is 0.680. The predicted octanol–water partition coefficient (Wildman–Crippen LogP) is 2.93. The average molecular weight is 220 g/mol. The predicted molar refractivity (Wildman–Crippen MR) is 62.9 cm³/mol. The smallest absolute Gasteiger partial charge is 0.0998 e. The molecule has 0 bridgehead atoms. The number of aliphatic hydroxyl groups is 1. The molecule has 0 radical (unpaired) electrons. The molecule has 0 aromatic carbocycles. The molecule has 3 rings (SSSR count). The molecule has 2 nitrogen and oxygen atoms in total. The Balaban J connectivity index is 2.00. The first-order valence-corrected chi connectivity index (χ1v) is 6.39. The topological polar surface area (TPSA) is 29.5 Å². The zero-order chi connectivity index (χ0) is 11.3. The molecule has 88 valence electrons. The van der Waals surface area contributed by atoms with Crippen LogP contribution in [0.5, 0.6) is 0 Å². The van der Waals surface area contributed by atoms with Crippen molar-refractivity contribution in [1.82, 2.24) is 0 Å². The van der Waals surface area contributed by atoms with Crippen LogP contribution in [0.1, 0.15) is 46.0 Å². The number of allylic oxidation sites excluding steroid dienone is 2. The highest BCUT2D eigenvalue weighted by molar-refractivity contribution is 5.45. The summed E-state index contributed by atoms with van der Waals surface area (Å²) < 4.78 is 5.94. The number of fused-ring (bicyclic) bond motifs is 2. The maximum atomic E-state index is 10.1. The number of rotatable bonds is 0. The minimum absolute atomic E-state index is 0.00275. The van der Waals surface area contributed by atoms with Crippen LogP contribution in [0.3, 0.4) is 0 Å². The molecule has 0 saturated carbocycles. The van der Waals surface area contributed by atoms with Gasteiger partial charge in [0.25, 0.3) is 0 Å². The van der Waals surface area contributed by atoms with E-state index >= 15 is 0 Å². The number of hydrogen-bond acceptors (Lipinski definition) is 2. The molecule has 2 heteroatoms. The molecule has 0 amide bonds. The Morgan fingerprint density at radius 1 is 1.44 bits per heavy atom. The lowest BCUT2D eigenvalue weighted by Crippen LogP contribution is -2.35. The standard InChI is InChI=1S/C14H20O2/c1-9-3-4-10-11-5-6-13(15)14(11,2)8-7-12(10)16-9/h5,9,13,15H,3-4,6-8H2,1-2H3. The normalized spacial score (nSPS) is 42.3. The van der Waals surface area contributed by atoms with Crippen LogP contribution in [-0.4, -0.2) is 17.3 Å². The fraction of sp³-hybridized carbons (Fsp3) is 0.714. The van der Waals surface area contributed by atoms with Gasteiger partial charge in [0.2, 0.25) is 0 Å². The molecule has 0 fully saturated rings. The Morgan fingerprint density at radius 3 is 3.06 bits per heavy atom. The van der Waals surface area contributed by atoms with E-state index in [2.05, 4.69) is 19.9 Å². The monoisotopic (exact) mass is 220 g/mol. The summed E-state index contributed by atoms with van der Waals surface area (Å²) in [6, 6.07) is 0. The Hall–Kier alpha value is -0.760. The molecule has 1 N–H and O–H groups in total. The minimum Gasteiger partial charge on any atom is -0.495 e. The zero-order valence-corrected chi connectivity index (χ0v) is 10.1. The van der Waals surface area contributed by atoms with Crippen molar-refractivity contribution in [1.29, 1.82) is 0 Å². The molecule has 3 aliphatic rings. The zero-order valence-electron chi connectivity index (χ0n) is 10.1. The van der Waals surface area contributed by atoms with Crippen molar-refractivity contribution >= 4 is 0 Å². The molecule has 3 unspecified atom stereocenters. The van der Waals surface area contributed by atoms with Gasteiger partial charge in [0, 0.05) is 11.8 Å². The molecule has 1 heterocycles.